The number of hydrogen-bond donors (Lipinski definition) is 2. The molecule has 0 atom stereocenters. The van der Waals surface area contributed by atoms with Crippen molar-refractivity contribution in [3.8, 4) is 11.5 Å². The smallest absolute Gasteiger partial charge is 0.416 e. The van der Waals surface area contributed by atoms with Gasteiger partial charge in [0.15, 0.2) is 11.5 Å². The van der Waals surface area contributed by atoms with Crippen LogP contribution in [0.5, 0.6) is 11.5 Å². The normalized spacial score (nSPS) is 13.1. The van der Waals surface area contributed by atoms with E-state index in [1.165, 1.54) is 0 Å². The van der Waals surface area contributed by atoms with Crippen molar-refractivity contribution in [2.75, 3.05) is 13.3 Å². The third kappa shape index (κ3) is 4.79. The summed E-state index contributed by atoms with van der Waals surface area (Å²) in [6, 6.07) is 9.07. The lowest BCUT2D eigenvalue weighted by Crippen LogP contribution is -2.45. The van der Waals surface area contributed by atoms with Crippen LogP contribution in [-0.2, 0) is 16.5 Å². The van der Waals surface area contributed by atoms with Crippen molar-refractivity contribution in [1.82, 2.24) is 10.6 Å². The first-order valence-electron chi connectivity index (χ1n) is 8.73. The lowest BCUT2D eigenvalue weighted by Gasteiger charge is -2.27. The Hall–Kier alpha value is -3.23. The molecule has 0 fully saturated rings. The summed E-state index contributed by atoms with van der Waals surface area (Å²) in [4.78, 5) is 24.3. The molecule has 154 valence electrons. The maximum absolute atomic E-state index is 12.6. The van der Waals surface area contributed by atoms with Gasteiger partial charge in [-0.2, -0.15) is 13.2 Å². The van der Waals surface area contributed by atoms with Gasteiger partial charge in [-0.05, 0) is 55.8 Å². The molecule has 0 saturated carbocycles. The number of halogens is 3. The van der Waals surface area contributed by atoms with E-state index in [1.54, 1.807) is 32.0 Å². The number of amides is 2. The molecular formula is C20H19F3N2O4. The highest BCUT2D eigenvalue weighted by Crippen LogP contribution is 2.35. The summed E-state index contributed by atoms with van der Waals surface area (Å²) < 4.78 is 48.3. The zero-order valence-electron chi connectivity index (χ0n) is 15.7. The van der Waals surface area contributed by atoms with Gasteiger partial charge >= 0.3 is 6.18 Å². The molecule has 1 aliphatic heterocycles. The van der Waals surface area contributed by atoms with Crippen molar-refractivity contribution in [3.05, 3.63) is 59.2 Å². The Labute approximate surface area is 165 Å². The number of fused-ring (bicyclic) bond motifs is 1. The van der Waals surface area contributed by atoms with Crippen LogP contribution in [-0.4, -0.2) is 25.2 Å². The minimum absolute atomic E-state index is 0.0285. The van der Waals surface area contributed by atoms with Crippen LogP contribution in [0, 0.1) is 0 Å². The minimum Gasteiger partial charge on any atom is -0.454 e. The first kappa shape index (κ1) is 20.5. The van der Waals surface area contributed by atoms with E-state index in [4.69, 9.17) is 9.47 Å². The van der Waals surface area contributed by atoms with Crippen molar-refractivity contribution < 1.29 is 32.2 Å². The Morgan fingerprint density at radius 2 is 1.59 bits per heavy atom. The van der Waals surface area contributed by atoms with Crippen molar-refractivity contribution in [2.45, 2.75) is 25.6 Å². The quantitative estimate of drug-likeness (QED) is 0.797. The Morgan fingerprint density at radius 3 is 2.24 bits per heavy atom. The highest BCUT2D eigenvalue weighted by molar-refractivity contribution is 5.96. The molecule has 0 radical (unpaired) electrons. The van der Waals surface area contributed by atoms with Crippen molar-refractivity contribution in [2.24, 2.45) is 0 Å². The Morgan fingerprint density at radius 1 is 0.966 bits per heavy atom. The predicted molar refractivity (Wildman–Crippen MR) is 97.5 cm³/mol. The second-order valence-electron chi connectivity index (χ2n) is 7.00. The second-order valence-corrected chi connectivity index (χ2v) is 7.00. The van der Waals surface area contributed by atoms with Crippen molar-refractivity contribution in [3.63, 3.8) is 0 Å². The maximum Gasteiger partial charge on any atom is 0.416 e. The molecule has 1 heterocycles. The topological polar surface area (TPSA) is 76.7 Å². The van der Waals surface area contributed by atoms with Gasteiger partial charge in [0.25, 0.3) is 5.91 Å². The van der Waals surface area contributed by atoms with Crippen molar-refractivity contribution in [1.29, 1.82) is 0 Å². The molecule has 2 aromatic carbocycles. The fourth-order valence-electron chi connectivity index (χ4n) is 2.82. The average molecular weight is 408 g/mol. The highest BCUT2D eigenvalue weighted by atomic mass is 19.4. The number of hydrogen-bond acceptors (Lipinski definition) is 4. The molecule has 2 N–H and O–H groups in total. The summed E-state index contributed by atoms with van der Waals surface area (Å²) in [5.74, 6) is 0.114. The third-order valence-corrected chi connectivity index (χ3v) is 4.43. The molecule has 3 rings (SSSR count). The molecule has 0 saturated heterocycles. The van der Waals surface area contributed by atoms with Gasteiger partial charge in [0.1, 0.15) is 0 Å². The van der Waals surface area contributed by atoms with E-state index in [1.807, 2.05) is 0 Å². The molecular weight excluding hydrogens is 389 g/mol. The fourth-order valence-corrected chi connectivity index (χ4v) is 2.82. The van der Waals surface area contributed by atoms with E-state index in [0.29, 0.717) is 11.5 Å². The van der Waals surface area contributed by atoms with E-state index >= 15 is 0 Å². The van der Waals surface area contributed by atoms with E-state index in [0.717, 1.165) is 29.8 Å². The molecule has 9 heteroatoms. The van der Waals surface area contributed by atoms with Crippen LogP contribution in [0.4, 0.5) is 13.2 Å². The van der Waals surface area contributed by atoms with Crippen LogP contribution < -0.4 is 20.1 Å². The van der Waals surface area contributed by atoms with E-state index in [2.05, 4.69) is 10.6 Å². The van der Waals surface area contributed by atoms with Crippen LogP contribution in [0.1, 0.15) is 35.3 Å². The molecule has 1 aliphatic rings. The van der Waals surface area contributed by atoms with Gasteiger partial charge in [-0.3, -0.25) is 9.59 Å². The van der Waals surface area contributed by atoms with Crippen LogP contribution >= 0.6 is 0 Å². The number of rotatable bonds is 5. The number of carbonyl (C=O) groups excluding carboxylic acids is 2. The first-order valence-corrected chi connectivity index (χ1v) is 8.73. The van der Waals surface area contributed by atoms with E-state index in [9.17, 15) is 22.8 Å². The summed E-state index contributed by atoms with van der Waals surface area (Å²) in [7, 11) is 0. The van der Waals surface area contributed by atoms with Gasteiger partial charge < -0.3 is 20.1 Å². The number of alkyl halides is 3. The van der Waals surface area contributed by atoms with Crippen LogP contribution in [0.2, 0.25) is 0 Å². The Bertz CT molecular complexity index is 924. The number of benzene rings is 2. The summed E-state index contributed by atoms with van der Waals surface area (Å²) in [6.07, 6.45) is -4.48. The van der Waals surface area contributed by atoms with Crippen LogP contribution in [0.25, 0.3) is 0 Å². The third-order valence-electron chi connectivity index (χ3n) is 4.43. The maximum atomic E-state index is 12.6. The molecule has 0 aliphatic carbocycles. The zero-order valence-corrected chi connectivity index (χ0v) is 15.7. The second kappa shape index (κ2) is 7.65. The highest BCUT2D eigenvalue weighted by Gasteiger charge is 2.30. The van der Waals surface area contributed by atoms with Crippen molar-refractivity contribution >= 4 is 11.8 Å². The summed E-state index contributed by atoms with van der Waals surface area (Å²) >= 11 is 0. The monoisotopic (exact) mass is 408 g/mol. The zero-order chi connectivity index (χ0) is 21.2. The van der Waals surface area contributed by atoms with Gasteiger partial charge in [-0.1, -0.05) is 6.07 Å². The van der Waals surface area contributed by atoms with Gasteiger partial charge in [0, 0.05) is 5.56 Å². The van der Waals surface area contributed by atoms with E-state index < -0.39 is 29.1 Å². The molecule has 0 unspecified atom stereocenters. The number of nitrogens with one attached hydrogen (secondary N) is 2. The fraction of sp³-hybridized carbons (Fsp3) is 0.300. The summed E-state index contributed by atoms with van der Waals surface area (Å²) in [5, 5.41) is 5.20. The minimum atomic E-state index is -4.48. The van der Waals surface area contributed by atoms with Crippen LogP contribution in [0.15, 0.2) is 42.5 Å². The molecule has 29 heavy (non-hydrogen) atoms. The lowest BCUT2D eigenvalue weighted by molar-refractivity contribution is -0.137. The molecule has 0 bridgehead atoms. The summed E-state index contributed by atoms with van der Waals surface area (Å²) in [5.41, 5.74) is -0.792. The number of ether oxygens (including phenoxy) is 2. The molecule has 6 nitrogen and oxygen atoms in total. The molecule has 2 aromatic rings. The SMILES string of the molecule is CC(C)(NC(=O)CNC(=O)c1ccc(C(F)(F)F)cc1)c1ccc2c(c1)OCO2. The Balaban J connectivity index is 1.57. The Kier molecular flexibility index (Phi) is 5.41. The van der Waals surface area contributed by atoms with Gasteiger partial charge in [-0.15, -0.1) is 0 Å². The van der Waals surface area contributed by atoms with Gasteiger partial charge in [0.2, 0.25) is 12.7 Å². The van der Waals surface area contributed by atoms with Crippen LogP contribution in [0.3, 0.4) is 0 Å². The van der Waals surface area contributed by atoms with Gasteiger partial charge in [-0.25, -0.2) is 0 Å². The largest absolute Gasteiger partial charge is 0.454 e. The molecule has 0 aromatic heterocycles. The number of carbonyl (C=O) groups is 2. The van der Waals surface area contributed by atoms with E-state index in [-0.39, 0.29) is 18.9 Å². The van der Waals surface area contributed by atoms with Gasteiger partial charge in [0.05, 0.1) is 17.6 Å². The average Bonchev–Trinajstić information content (AvgIpc) is 3.13. The molecule has 2 amide bonds. The lowest BCUT2D eigenvalue weighted by atomic mass is 9.94. The predicted octanol–water partition coefficient (Wildman–Crippen LogP) is 3.22. The summed E-state index contributed by atoms with van der Waals surface area (Å²) in [6.45, 7) is 3.40. The molecule has 0 spiro atoms. The first-order chi connectivity index (χ1) is 13.6. The standard InChI is InChI=1S/C20H19F3N2O4/c1-19(2,14-7-8-15-16(9-14)29-11-28-15)25-17(26)10-24-18(27)12-3-5-13(6-4-12)20(21,22)23/h3-9H,10-11H2,1-2H3,(H,24,27)(H,25,26).